The first-order valence-electron chi connectivity index (χ1n) is 7.43. The summed E-state index contributed by atoms with van der Waals surface area (Å²) in [6.07, 6.45) is 15.0. The van der Waals surface area contributed by atoms with Crippen LogP contribution in [0.5, 0.6) is 0 Å². The van der Waals surface area contributed by atoms with Crippen LogP contribution in [0.4, 0.5) is 0 Å². The third kappa shape index (κ3) is 6.72. The van der Waals surface area contributed by atoms with Crippen LogP contribution in [0.3, 0.4) is 0 Å². The van der Waals surface area contributed by atoms with Crippen LogP contribution in [0.15, 0.2) is 11.8 Å². The molecule has 1 rings (SSSR count). The van der Waals surface area contributed by atoms with E-state index < -0.39 is 0 Å². The molecule has 0 saturated carbocycles. The van der Waals surface area contributed by atoms with E-state index >= 15 is 0 Å². The molecule has 1 aliphatic rings. The van der Waals surface area contributed by atoms with Crippen molar-refractivity contribution >= 4 is 0 Å². The van der Waals surface area contributed by atoms with Crippen LogP contribution in [-0.2, 0) is 4.74 Å². The Morgan fingerprint density at radius 3 is 2.53 bits per heavy atom. The summed E-state index contributed by atoms with van der Waals surface area (Å²) in [5.41, 5.74) is 6.12. The average Bonchev–Trinajstić information content (AvgIpc) is 2.38. The molecule has 0 fully saturated rings. The first kappa shape index (κ1) is 14.6. The van der Waals surface area contributed by atoms with Crippen LogP contribution in [0, 0.1) is 0 Å². The topological polar surface area (TPSA) is 35.2 Å². The van der Waals surface area contributed by atoms with Gasteiger partial charge in [-0.3, -0.25) is 0 Å². The Labute approximate surface area is 107 Å². The summed E-state index contributed by atoms with van der Waals surface area (Å²) >= 11 is 0. The molecule has 1 heterocycles. The van der Waals surface area contributed by atoms with E-state index in [9.17, 15) is 0 Å². The summed E-state index contributed by atoms with van der Waals surface area (Å²) in [6, 6.07) is 0.144. The first-order valence-corrected chi connectivity index (χ1v) is 7.43. The molecule has 1 atom stereocenters. The minimum atomic E-state index is 0.144. The zero-order chi connectivity index (χ0) is 12.3. The minimum absolute atomic E-state index is 0.144. The normalized spacial score (nSPS) is 17.4. The van der Waals surface area contributed by atoms with Crippen molar-refractivity contribution in [2.45, 2.75) is 77.2 Å². The van der Waals surface area contributed by atoms with Crippen molar-refractivity contribution in [3.63, 3.8) is 0 Å². The van der Waals surface area contributed by atoms with Crippen LogP contribution in [0.25, 0.3) is 0 Å². The molecule has 2 nitrogen and oxygen atoms in total. The third-order valence-corrected chi connectivity index (χ3v) is 3.45. The average molecular weight is 239 g/mol. The van der Waals surface area contributed by atoms with Gasteiger partial charge in [-0.1, -0.05) is 51.9 Å². The fourth-order valence-corrected chi connectivity index (χ4v) is 2.30. The highest BCUT2D eigenvalue weighted by atomic mass is 16.5. The van der Waals surface area contributed by atoms with Crippen LogP contribution < -0.4 is 5.73 Å². The van der Waals surface area contributed by atoms with Crippen molar-refractivity contribution in [1.29, 1.82) is 0 Å². The number of rotatable bonds is 9. The lowest BCUT2D eigenvalue weighted by Crippen LogP contribution is -2.25. The summed E-state index contributed by atoms with van der Waals surface area (Å²) < 4.78 is 5.59. The first-order chi connectivity index (χ1) is 8.34. The molecule has 2 heteroatoms. The largest absolute Gasteiger partial charge is 0.497 e. The number of ether oxygens (including phenoxy) is 1. The highest BCUT2D eigenvalue weighted by molar-refractivity contribution is 5.03. The Balaban J connectivity index is 1.96. The van der Waals surface area contributed by atoms with E-state index in [1.165, 1.54) is 44.9 Å². The molecule has 2 N–H and O–H groups in total. The Bertz CT molecular complexity index is 213. The molecule has 0 radical (unpaired) electrons. The van der Waals surface area contributed by atoms with Crippen molar-refractivity contribution < 1.29 is 4.74 Å². The van der Waals surface area contributed by atoms with Crippen molar-refractivity contribution in [1.82, 2.24) is 0 Å². The Morgan fingerprint density at radius 1 is 1.18 bits per heavy atom. The van der Waals surface area contributed by atoms with Crippen molar-refractivity contribution in [3.8, 4) is 0 Å². The maximum atomic E-state index is 6.12. The van der Waals surface area contributed by atoms with Gasteiger partial charge in [-0.05, 0) is 25.3 Å². The molecule has 1 aliphatic heterocycles. The van der Waals surface area contributed by atoms with Crippen LogP contribution in [0.2, 0.25) is 0 Å². The van der Waals surface area contributed by atoms with Gasteiger partial charge in [-0.15, -0.1) is 0 Å². The minimum Gasteiger partial charge on any atom is -0.497 e. The summed E-state index contributed by atoms with van der Waals surface area (Å²) in [5.74, 6) is 1.04. The number of nitrogens with two attached hydrogens (primary N) is 1. The molecular formula is C15H29NO. The fourth-order valence-electron chi connectivity index (χ4n) is 2.30. The Hall–Kier alpha value is -0.500. The molecule has 0 bridgehead atoms. The molecule has 0 aromatic carbocycles. The van der Waals surface area contributed by atoms with E-state index in [0.717, 1.165) is 31.6 Å². The van der Waals surface area contributed by atoms with Crippen molar-refractivity contribution in [2.24, 2.45) is 5.73 Å². The maximum absolute atomic E-state index is 6.12. The second-order valence-electron chi connectivity index (χ2n) is 5.11. The van der Waals surface area contributed by atoms with Gasteiger partial charge in [0.2, 0.25) is 0 Å². The lowest BCUT2D eigenvalue weighted by atomic mass is 10.0. The SMILES string of the molecule is CCCCCCCCCC(N)C1=CCCCO1. The van der Waals surface area contributed by atoms with Gasteiger partial charge in [-0.25, -0.2) is 0 Å². The van der Waals surface area contributed by atoms with Crippen molar-refractivity contribution in [3.05, 3.63) is 11.8 Å². The van der Waals surface area contributed by atoms with Crippen LogP contribution >= 0.6 is 0 Å². The molecule has 1 unspecified atom stereocenters. The Kier molecular flexibility index (Phi) is 8.16. The predicted molar refractivity (Wildman–Crippen MR) is 73.9 cm³/mol. The Morgan fingerprint density at radius 2 is 1.88 bits per heavy atom. The molecule has 0 aromatic rings. The zero-order valence-corrected chi connectivity index (χ0v) is 11.4. The number of allylic oxidation sites excluding steroid dienone is 1. The fraction of sp³-hybridized carbons (Fsp3) is 0.867. The van der Waals surface area contributed by atoms with Crippen molar-refractivity contribution in [2.75, 3.05) is 6.61 Å². The predicted octanol–water partition coefficient (Wildman–Crippen LogP) is 4.15. The van der Waals surface area contributed by atoms with Gasteiger partial charge in [0.1, 0.15) is 5.76 Å². The van der Waals surface area contributed by atoms with Gasteiger partial charge in [0, 0.05) is 0 Å². The van der Waals surface area contributed by atoms with E-state index in [-0.39, 0.29) is 6.04 Å². The molecule has 17 heavy (non-hydrogen) atoms. The number of unbranched alkanes of at least 4 members (excludes halogenated alkanes) is 6. The van der Waals surface area contributed by atoms with E-state index in [1.54, 1.807) is 0 Å². The summed E-state index contributed by atoms with van der Waals surface area (Å²) in [6.45, 7) is 3.12. The zero-order valence-electron chi connectivity index (χ0n) is 11.4. The molecule has 0 saturated heterocycles. The highest BCUT2D eigenvalue weighted by Crippen LogP contribution is 2.17. The van der Waals surface area contributed by atoms with Crippen LogP contribution in [0.1, 0.15) is 71.1 Å². The lowest BCUT2D eigenvalue weighted by Gasteiger charge is -2.20. The second-order valence-corrected chi connectivity index (χ2v) is 5.11. The number of hydrogen-bond acceptors (Lipinski definition) is 2. The van der Waals surface area contributed by atoms with E-state index in [4.69, 9.17) is 10.5 Å². The van der Waals surface area contributed by atoms with Crippen LogP contribution in [-0.4, -0.2) is 12.6 Å². The monoisotopic (exact) mass is 239 g/mol. The molecule has 100 valence electrons. The second kappa shape index (κ2) is 9.52. The third-order valence-electron chi connectivity index (χ3n) is 3.45. The lowest BCUT2D eigenvalue weighted by molar-refractivity contribution is 0.173. The van der Waals surface area contributed by atoms with Gasteiger partial charge in [0.15, 0.2) is 0 Å². The van der Waals surface area contributed by atoms with Gasteiger partial charge < -0.3 is 10.5 Å². The molecule has 0 spiro atoms. The molecule has 0 aliphatic carbocycles. The quantitative estimate of drug-likeness (QED) is 0.613. The molecular weight excluding hydrogens is 210 g/mol. The molecule has 0 amide bonds. The maximum Gasteiger partial charge on any atom is 0.109 e. The number of hydrogen-bond donors (Lipinski definition) is 1. The summed E-state index contributed by atoms with van der Waals surface area (Å²) in [5, 5.41) is 0. The smallest absolute Gasteiger partial charge is 0.109 e. The van der Waals surface area contributed by atoms with Gasteiger partial charge >= 0.3 is 0 Å². The molecule has 0 aromatic heterocycles. The summed E-state index contributed by atoms with van der Waals surface area (Å²) in [7, 11) is 0. The van der Waals surface area contributed by atoms with E-state index in [0.29, 0.717) is 0 Å². The van der Waals surface area contributed by atoms with E-state index in [2.05, 4.69) is 13.0 Å². The van der Waals surface area contributed by atoms with Gasteiger partial charge in [-0.2, -0.15) is 0 Å². The van der Waals surface area contributed by atoms with Gasteiger partial charge in [0.25, 0.3) is 0 Å². The standard InChI is InChI=1S/C15H29NO/c1-2-3-4-5-6-7-8-11-14(16)15-12-9-10-13-17-15/h12,14H,2-11,13,16H2,1H3. The summed E-state index contributed by atoms with van der Waals surface area (Å²) in [4.78, 5) is 0. The highest BCUT2D eigenvalue weighted by Gasteiger charge is 2.12. The van der Waals surface area contributed by atoms with Gasteiger partial charge in [0.05, 0.1) is 12.6 Å². The van der Waals surface area contributed by atoms with E-state index in [1.807, 2.05) is 0 Å².